The molecule has 2 aliphatic rings. The van der Waals surface area contributed by atoms with Crippen LogP contribution in [0, 0.1) is 17.6 Å². The van der Waals surface area contributed by atoms with E-state index in [0.717, 1.165) is 42.9 Å². The predicted molar refractivity (Wildman–Crippen MR) is 171 cm³/mol. The van der Waals surface area contributed by atoms with Gasteiger partial charge in [0.15, 0.2) is 0 Å². The van der Waals surface area contributed by atoms with E-state index in [9.17, 15) is 18.4 Å². The number of nitrogens with two attached hydrogens (primary N) is 2. The zero-order valence-electron chi connectivity index (χ0n) is 26.4. The summed E-state index contributed by atoms with van der Waals surface area (Å²) in [4.78, 5) is 30.9. The number of carbonyl (C=O) groups excluding carboxylic acids is 2. The molecule has 2 amide bonds. The van der Waals surface area contributed by atoms with Gasteiger partial charge in [-0.25, -0.2) is 8.78 Å². The molecule has 10 heteroatoms. The Bertz CT molecular complexity index is 1310. The number of benzene rings is 2. The van der Waals surface area contributed by atoms with Crippen LogP contribution in [0.4, 0.5) is 8.78 Å². The zero-order chi connectivity index (χ0) is 32.2. The Morgan fingerprint density at radius 2 is 1.73 bits per heavy atom. The predicted octanol–water partition coefficient (Wildman–Crippen LogP) is 5.47. The zero-order valence-corrected chi connectivity index (χ0v) is 27.2. The van der Waals surface area contributed by atoms with Crippen molar-refractivity contribution in [3.63, 3.8) is 0 Å². The van der Waals surface area contributed by atoms with Gasteiger partial charge >= 0.3 is 0 Å². The fourth-order valence-electron chi connectivity index (χ4n) is 6.69. The van der Waals surface area contributed by atoms with Crippen LogP contribution in [0.25, 0.3) is 0 Å². The molecule has 0 spiro atoms. The molecule has 2 aromatic rings. The number of hydrogen-bond acceptors (Lipinski definition) is 5. The monoisotopic (exact) mass is 631 g/mol. The van der Waals surface area contributed by atoms with Gasteiger partial charge in [-0.15, -0.1) is 0 Å². The van der Waals surface area contributed by atoms with Crippen molar-refractivity contribution in [2.75, 3.05) is 32.7 Å². The second-order valence-corrected chi connectivity index (χ2v) is 13.9. The van der Waals surface area contributed by atoms with E-state index in [4.69, 9.17) is 23.1 Å². The molecule has 4 atom stereocenters. The van der Waals surface area contributed by atoms with Crippen LogP contribution in [0.3, 0.4) is 0 Å². The lowest BCUT2D eigenvalue weighted by Gasteiger charge is -2.36. The molecule has 0 saturated carbocycles. The number of hydrogen-bond donors (Lipinski definition) is 3. The summed E-state index contributed by atoms with van der Waals surface area (Å²) < 4.78 is 28.7. The number of rotatable bonds is 10. The summed E-state index contributed by atoms with van der Waals surface area (Å²) in [6, 6.07) is 8.58. The average Bonchev–Trinajstić information content (AvgIpc) is 3.43. The van der Waals surface area contributed by atoms with Crippen molar-refractivity contribution < 1.29 is 18.4 Å². The quantitative estimate of drug-likeness (QED) is 0.302. The normalized spacial score (nSPS) is 21.3. The van der Waals surface area contributed by atoms with Crippen molar-refractivity contribution in [2.24, 2.45) is 17.4 Å². The van der Waals surface area contributed by atoms with Crippen molar-refractivity contribution in [3.05, 3.63) is 69.7 Å². The van der Waals surface area contributed by atoms with Gasteiger partial charge in [0.25, 0.3) is 0 Å². The van der Waals surface area contributed by atoms with Gasteiger partial charge < -0.3 is 21.7 Å². The highest BCUT2D eigenvalue weighted by Gasteiger charge is 2.45. The summed E-state index contributed by atoms with van der Waals surface area (Å²) in [6.45, 7) is 11.0. The first kappa shape index (κ1) is 34.3. The second kappa shape index (κ2) is 14.7. The van der Waals surface area contributed by atoms with Crippen molar-refractivity contribution in [1.29, 1.82) is 0 Å². The summed E-state index contributed by atoms with van der Waals surface area (Å²) >= 11 is 6.39. The van der Waals surface area contributed by atoms with Crippen molar-refractivity contribution in [1.82, 2.24) is 15.1 Å². The highest BCUT2D eigenvalue weighted by molar-refractivity contribution is 6.30. The Hall–Kier alpha value is -2.59. The minimum absolute atomic E-state index is 0.0181. The van der Waals surface area contributed by atoms with Crippen molar-refractivity contribution >= 4 is 23.4 Å². The molecule has 2 aliphatic heterocycles. The maximum atomic E-state index is 14.9. The minimum Gasteiger partial charge on any atom is -0.348 e. The standard InChI is InChI=1S/C34H48ClF2N5O2/c1-21(40-32(43)31(39)7-5-6-14-38)27-17-23(35)8-10-25(27)22-12-15-41(16-13-22)33(44)29-20-42(34(2,3)4)19-28(29)26-11-9-24(36)18-30(26)37/h8-11,17-18,21-22,28-29,31H,5-7,12-16,19-20,38-39H2,1-4H3,(H,40,43)/t21-,28-,29+,31-/m0/s1. The van der Waals surface area contributed by atoms with Crippen LogP contribution in [0.2, 0.25) is 5.02 Å². The molecule has 0 aliphatic carbocycles. The van der Waals surface area contributed by atoms with Gasteiger partial charge in [0.2, 0.25) is 11.8 Å². The first-order chi connectivity index (χ1) is 20.8. The third kappa shape index (κ3) is 8.16. The van der Waals surface area contributed by atoms with E-state index < -0.39 is 23.6 Å². The lowest BCUT2D eigenvalue weighted by Crippen LogP contribution is -2.44. The minimum atomic E-state index is -0.623. The lowest BCUT2D eigenvalue weighted by molar-refractivity contribution is -0.136. The molecular weight excluding hydrogens is 584 g/mol. The Morgan fingerprint density at radius 1 is 1.05 bits per heavy atom. The number of unbranched alkanes of at least 4 members (excludes halogenated alkanes) is 1. The maximum absolute atomic E-state index is 14.9. The number of piperidine rings is 1. The molecule has 44 heavy (non-hydrogen) atoms. The van der Waals surface area contributed by atoms with Crippen LogP contribution in [-0.4, -0.2) is 65.9 Å². The molecule has 2 aromatic carbocycles. The Kier molecular flexibility index (Phi) is 11.4. The average molecular weight is 632 g/mol. The molecule has 4 rings (SSSR count). The van der Waals surface area contributed by atoms with E-state index in [1.165, 1.54) is 12.1 Å². The van der Waals surface area contributed by atoms with Crippen LogP contribution >= 0.6 is 11.6 Å². The lowest BCUT2D eigenvalue weighted by atomic mass is 9.83. The van der Waals surface area contributed by atoms with Gasteiger partial charge in [-0.2, -0.15) is 0 Å². The molecule has 0 unspecified atom stereocenters. The summed E-state index contributed by atoms with van der Waals surface area (Å²) in [5, 5.41) is 3.65. The summed E-state index contributed by atoms with van der Waals surface area (Å²) in [6.07, 6.45) is 3.72. The van der Waals surface area contributed by atoms with Crippen LogP contribution < -0.4 is 16.8 Å². The van der Waals surface area contributed by atoms with Crippen LogP contribution in [0.1, 0.15) is 94.4 Å². The highest BCUT2D eigenvalue weighted by Crippen LogP contribution is 2.40. The number of carbonyl (C=O) groups is 2. The summed E-state index contributed by atoms with van der Waals surface area (Å²) in [5.41, 5.74) is 14.0. The van der Waals surface area contributed by atoms with Gasteiger partial charge in [0.1, 0.15) is 11.6 Å². The third-order valence-corrected chi connectivity index (χ3v) is 9.61. The summed E-state index contributed by atoms with van der Waals surface area (Å²) in [7, 11) is 0. The largest absolute Gasteiger partial charge is 0.348 e. The number of amides is 2. The van der Waals surface area contributed by atoms with E-state index in [2.05, 4.69) is 31.0 Å². The molecule has 2 heterocycles. The summed E-state index contributed by atoms with van der Waals surface area (Å²) in [5.74, 6) is -1.99. The first-order valence-corrected chi connectivity index (χ1v) is 16.2. The van der Waals surface area contributed by atoms with E-state index in [-0.39, 0.29) is 35.2 Å². The molecule has 0 aromatic heterocycles. The number of halogens is 3. The van der Waals surface area contributed by atoms with Crippen molar-refractivity contribution in [2.45, 2.75) is 89.3 Å². The van der Waals surface area contributed by atoms with Gasteiger partial charge in [0.05, 0.1) is 18.0 Å². The van der Waals surface area contributed by atoms with E-state index in [1.807, 2.05) is 30.0 Å². The fourth-order valence-corrected chi connectivity index (χ4v) is 6.88. The SMILES string of the molecule is C[C@H](NC(=O)[C@@H](N)CCCCN)c1cc(Cl)ccc1C1CCN(C(=O)[C@@H]2CN(C(C)(C)C)C[C@H]2c2ccc(F)cc2F)CC1. The molecule has 242 valence electrons. The van der Waals surface area contributed by atoms with Gasteiger partial charge in [-0.1, -0.05) is 30.2 Å². The molecule has 7 nitrogen and oxygen atoms in total. The van der Waals surface area contributed by atoms with Crippen molar-refractivity contribution in [3.8, 4) is 0 Å². The van der Waals surface area contributed by atoms with E-state index in [0.29, 0.717) is 49.7 Å². The van der Waals surface area contributed by atoms with E-state index >= 15 is 0 Å². The van der Waals surface area contributed by atoms with Gasteiger partial charge in [-0.05, 0) is 101 Å². The van der Waals surface area contributed by atoms with Crippen LogP contribution in [0.15, 0.2) is 36.4 Å². The van der Waals surface area contributed by atoms with Gasteiger partial charge in [-0.3, -0.25) is 14.5 Å². The molecular formula is C34H48ClF2N5O2. The van der Waals surface area contributed by atoms with Crippen LogP contribution in [-0.2, 0) is 9.59 Å². The topological polar surface area (TPSA) is 105 Å². The van der Waals surface area contributed by atoms with Gasteiger partial charge in [0, 0.05) is 48.7 Å². The Morgan fingerprint density at radius 3 is 2.36 bits per heavy atom. The molecule has 5 N–H and O–H groups in total. The third-order valence-electron chi connectivity index (χ3n) is 9.37. The highest BCUT2D eigenvalue weighted by atomic mass is 35.5. The maximum Gasteiger partial charge on any atom is 0.237 e. The fraction of sp³-hybridized carbons (Fsp3) is 0.588. The van der Waals surface area contributed by atoms with Crippen LogP contribution in [0.5, 0.6) is 0 Å². The smallest absolute Gasteiger partial charge is 0.237 e. The first-order valence-electron chi connectivity index (χ1n) is 15.8. The molecule has 0 bridgehead atoms. The Balaban J connectivity index is 1.45. The van der Waals surface area contributed by atoms with E-state index in [1.54, 1.807) is 0 Å². The molecule has 2 fully saturated rings. The Labute approximate surface area is 265 Å². The molecule has 2 saturated heterocycles. The number of likely N-dealkylation sites (tertiary alicyclic amines) is 2. The second-order valence-electron chi connectivity index (χ2n) is 13.4. The number of nitrogens with zero attached hydrogens (tertiary/aromatic N) is 2. The molecule has 0 radical (unpaired) electrons. The number of nitrogens with one attached hydrogen (secondary N) is 1.